The van der Waals surface area contributed by atoms with Gasteiger partial charge in [-0.05, 0) is 6.42 Å². The Hall–Kier alpha value is 0.355. The number of hydrogen-bond donors (Lipinski definition) is 0. The smallest absolute Gasteiger partial charge is 0.124 e. The van der Waals surface area contributed by atoms with Crippen molar-refractivity contribution in [1.29, 1.82) is 0 Å². The van der Waals surface area contributed by atoms with Gasteiger partial charge >= 0.3 is 0 Å². The molecule has 0 saturated heterocycles. The summed E-state index contributed by atoms with van der Waals surface area (Å²) < 4.78 is 0. The number of halogens is 1. The molecule has 36 valence electrons. The molecule has 0 saturated carbocycles. The molecule has 0 aliphatic rings. The van der Waals surface area contributed by atoms with Crippen molar-refractivity contribution in [3.63, 3.8) is 0 Å². The van der Waals surface area contributed by atoms with Crippen molar-refractivity contribution in [1.82, 2.24) is 0 Å². The molecule has 2 heteroatoms. The van der Waals surface area contributed by atoms with Gasteiger partial charge in [0.05, 0.1) is 0 Å². The molecule has 0 aliphatic heterocycles. The Morgan fingerprint density at radius 3 is 2.33 bits per heavy atom. The summed E-state index contributed by atoms with van der Waals surface area (Å²) >= 11 is 5.58. The molecule has 0 heterocycles. The van der Waals surface area contributed by atoms with E-state index in [0.717, 1.165) is 6.42 Å². The monoisotopic (exact) mass is 104 g/mol. The van der Waals surface area contributed by atoms with Gasteiger partial charge in [-0.25, -0.2) is 0 Å². The van der Waals surface area contributed by atoms with Gasteiger partial charge in [0.15, 0.2) is 0 Å². The predicted octanol–water partition coefficient (Wildman–Crippen LogP) is 0.984. The van der Waals surface area contributed by atoms with Gasteiger partial charge in [-0.15, -0.1) is 11.6 Å². The summed E-state index contributed by atoms with van der Waals surface area (Å²) in [7, 11) is 2.02. The van der Waals surface area contributed by atoms with Crippen molar-refractivity contribution in [2.24, 2.45) is 0 Å². The summed E-state index contributed by atoms with van der Waals surface area (Å²) in [6, 6.07) is 0. The van der Waals surface area contributed by atoms with E-state index in [-0.39, 0.29) is 0 Å². The summed E-state index contributed by atoms with van der Waals surface area (Å²) in [6.45, 7) is 2.14. The van der Waals surface area contributed by atoms with Gasteiger partial charge < -0.3 is 0 Å². The van der Waals surface area contributed by atoms with E-state index in [1.54, 1.807) is 0 Å². The van der Waals surface area contributed by atoms with Crippen LogP contribution in [0, 0.1) is 0 Å². The Balaban J connectivity index is 2.63. The van der Waals surface area contributed by atoms with E-state index in [1.165, 1.54) is 6.42 Å². The highest BCUT2D eigenvalue weighted by atomic mass is 35.5. The van der Waals surface area contributed by atoms with Crippen molar-refractivity contribution in [2.45, 2.75) is 25.0 Å². The van der Waals surface area contributed by atoms with Gasteiger partial charge in [0.1, 0.15) is 7.85 Å². The Bertz CT molecular complexity index is 28.7. The minimum atomic E-state index is 0.370. The normalized spacial score (nSPS) is 14.3. The zero-order valence-electron chi connectivity index (χ0n) is 4.37. The maximum Gasteiger partial charge on any atom is 0.124 e. The Morgan fingerprint density at radius 2 is 2.33 bits per heavy atom. The molecule has 0 fully saturated rings. The highest BCUT2D eigenvalue weighted by Crippen LogP contribution is 1.97. The molecule has 0 spiro atoms. The first-order chi connectivity index (χ1) is 2.77. The van der Waals surface area contributed by atoms with Crippen molar-refractivity contribution in [2.75, 3.05) is 0 Å². The lowest BCUT2D eigenvalue weighted by atomic mass is 10.0. The van der Waals surface area contributed by atoms with Crippen LogP contribution in [-0.4, -0.2) is 13.1 Å². The SMILES string of the molecule is BC(Cl)CCC. The third-order valence-electron chi connectivity index (χ3n) is 0.686. The molecule has 1 atom stereocenters. The van der Waals surface area contributed by atoms with E-state index in [4.69, 9.17) is 11.6 Å². The predicted molar refractivity (Wildman–Crippen MR) is 33.1 cm³/mol. The van der Waals surface area contributed by atoms with Crippen LogP contribution in [0.3, 0.4) is 0 Å². The fourth-order valence-corrected chi connectivity index (χ4v) is 0.616. The second kappa shape index (κ2) is 3.54. The molecule has 1 unspecified atom stereocenters. The third-order valence-corrected chi connectivity index (χ3v) is 0.905. The quantitative estimate of drug-likeness (QED) is 0.362. The van der Waals surface area contributed by atoms with E-state index in [9.17, 15) is 0 Å². The van der Waals surface area contributed by atoms with Gasteiger partial charge in [-0.2, -0.15) is 0 Å². The van der Waals surface area contributed by atoms with Crippen molar-refractivity contribution < 1.29 is 0 Å². The van der Waals surface area contributed by atoms with Crippen LogP contribution in [0.4, 0.5) is 0 Å². The van der Waals surface area contributed by atoms with E-state index < -0.39 is 0 Å². The average molecular weight is 104 g/mol. The maximum absolute atomic E-state index is 5.58. The number of hydrogen-bond acceptors (Lipinski definition) is 0. The van der Waals surface area contributed by atoms with Gasteiger partial charge in [-0.3, -0.25) is 0 Å². The lowest BCUT2D eigenvalue weighted by Crippen LogP contribution is -1.93. The molecule has 0 bridgehead atoms. The summed E-state index contributed by atoms with van der Waals surface area (Å²) in [6.07, 6.45) is 2.34. The van der Waals surface area contributed by atoms with Crippen molar-refractivity contribution in [3.8, 4) is 0 Å². The maximum atomic E-state index is 5.58. The van der Waals surface area contributed by atoms with Crippen LogP contribution in [0.25, 0.3) is 0 Å². The summed E-state index contributed by atoms with van der Waals surface area (Å²) in [4.78, 5) is 0. The first-order valence-electron chi connectivity index (χ1n) is 2.41. The second-order valence-electron chi connectivity index (χ2n) is 1.57. The Morgan fingerprint density at radius 1 is 1.83 bits per heavy atom. The van der Waals surface area contributed by atoms with Gasteiger partial charge in [-0.1, -0.05) is 13.3 Å². The zero-order chi connectivity index (χ0) is 4.99. The molecule has 0 amide bonds. The molecule has 0 aromatic carbocycles. The fourth-order valence-electron chi connectivity index (χ4n) is 0.398. The molecular formula is C4H10BCl. The van der Waals surface area contributed by atoms with Crippen LogP contribution >= 0.6 is 11.6 Å². The highest BCUT2D eigenvalue weighted by molar-refractivity contribution is 6.40. The summed E-state index contributed by atoms with van der Waals surface area (Å²) in [5.74, 6) is 0. The zero-order valence-corrected chi connectivity index (χ0v) is 5.13. The topological polar surface area (TPSA) is 0 Å². The van der Waals surface area contributed by atoms with Crippen LogP contribution in [-0.2, 0) is 0 Å². The largest absolute Gasteiger partial charge is 0.133 e. The lowest BCUT2D eigenvalue weighted by molar-refractivity contribution is 0.859. The number of rotatable bonds is 2. The first kappa shape index (κ1) is 6.35. The molecule has 6 heavy (non-hydrogen) atoms. The van der Waals surface area contributed by atoms with Gasteiger partial charge in [0.25, 0.3) is 0 Å². The van der Waals surface area contributed by atoms with E-state index in [2.05, 4.69) is 6.92 Å². The fraction of sp³-hybridized carbons (Fsp3) is 1.00. The van der Waals surface area contributed by atoms with E-state index in [0.29, 0.717) is 5.28 Å². The summed E-state index contributed by atoms with van der Waals surface area (Å²) in [5, 5.41) is 0.370. The van der Waals surface area contributed by atoms with Crippen LogP contribution < -0.4 is 0 Å². The van der Waals surface area contributed by atoms with Crippen LogP contribution in [0.1, 0.15) is 19.8 Å². The van der Waals surface area contributed by atoms with Gasteiger partial charge in [0, 0.05) is 5.28 Å². The average Bonchev–Trinajstić information content (AvgIpc) is 1.35. The van der Waals surface area contributed by atoms with Crippen molar-refractivity contribution >= 4 is 19.4 Å². The highest BCUT2D eigenvalue weighted by Gasteiger charge is 1.89. The van der Waals surface area contributed by atoms with Crippen molar-refractivity contribution in [3.05, 3.63) is 0 Å². The van der Waals surface area contributed by atoms with Crippen LogP contribution in [0.5, 0.6) is 0 Å². The first-order valence-corrected chi connectivity index (χ1v) is 2.85. The molecule has 0 radical (unpaired) electrons. The molecule has 0 aliphatic carbocycles. The number of alkyl halides is 1. The lowest BCUT2D eigenvalue weighted by Gasteiger charge is -1.93. The van der Waals surface area contributed by atoms with E-state index in [1.807, 2.05) is 7.85 Å². The second-order valence-corrected chi connectivity index (χ2v) is 2.31. The standard InChI is InChI=1S/C4H10BCl/c1-2-3-4(5)6/h4H,2-3,5H2,1H3. The van der Waals surface area contributed by atoms with Crippen LogP contribution in [0.2, 0.25) is 0 Å². The minimum absolute atomic E-state index is 0.370. The third kappa shape index (κ3) is 4.35. The molecule has 0 aromatic rings. The molecule has 0 nitrogen and oxygen atoms in total. The Labute approximate surface area is 45.3 Å². The molecule has 0 N–H and O–H groups in total. The molecule has 0 rings (SSSR count). The molecule has 0 aromatic heterocycles. The van der Waals surface area contributed by atoms with E-state index >= 15 is 0 Å². The van der Waals surface area contributed by atoms with Crippen LogP contribution in [0.15, 0.2) is 0 Å². The van der Waals surface area contributed by atoms with Gasteiger partial charge in [0.2, 0.25) is 0 Å². The Kier molecular flexibility index (Phi) is 3.75. The summed E-state index contributed by atoms with van der Waals surface area (Å²) in [5.41, 5.74) is 0. The minimum Gasteiger partial charge on any atom is -0.133 e. The molecular weight excluding hydrogens is 94.3 g/mol.